The van der Waals surface area contributed by atoms with Crippen LogP contribution in [-0.4, -0.2) is 66.8 Å². The van der Waals surface area contributed by atoms with Crippen molar-refractivity contribution in [3.8, 4) is 17.1 Å². The van der Waals surface area contributed by atoms with E-state index in [0.717, 1.165) is 56.9 Å². The van der Waals surface area contributed by atoms with Crippen molar-refractivity contribution >= 4 is 11.9 Å². The zero-order valence-corrected chi connectivity index (χ0v) is 15.6. The first-order chi connectivity index (χ1) is 13.2. The molecule has 1 aromatic heterocycles. The Morgan fingerprint density at radius 3 is 2.67 bits per heavy atom. The van der Waals surface area contributed by atoms with E-state index in [-0.39, 0.29) is 5.91 Å². The molecule has 0 spiro atoms. The average Bonchev–Trinajstić information content (AvgIpc) is 3.11. The molecule has 1 atom stereocenters. The summed E-state index contributed by atoms with van der Waals surface area (Å²) < 4.78 is 10.7. The number of nitrogens with zero attached hydrogens (tertiary/aromatic N) is 4. The highest BCUT2D eigenvalue weighted by molar-refractivity contribution is 5.76. The summed E-state index contributed by atoms with van der Waals surface area (Å²) in [5.41, 5.74) is 0.903. The molecule has 8 heteroatoms. The third-order valence-electron chi connectivity index (χ3n) is 5.37. The number of aromatic nitrogens is 2. The third-order valence-corrected chi connectivity index (χ3v) is 5.37. The summed E-state index contributed by atoms with van der Waals surface area (Å²) in [5.74, 6) is 1.56. The predicted octanol–water partition coefficient (Wildman–Crippen LogP) is 1.54. The van der Waals surface area contributed by atoms with Crippen LogP contribution in [0.3, 0.4) is 0 Å². The second-order valence-electron chi connectivity index (χ2n) is 6.98. The van der Waals surface area contributed by atoms with Gasteiger partial charge in [-0.3, -0.25) is 9.69 Å². The summed E-state index contributed by atoms with van der Waals surface area (Å²) in [6.07, 6.45) is 2.59. The van der Waals surface area contributed by atoms with E-state index in [0.29, 0.717) is 24.3 Å². The molecule has 0 saturated carbocycles. The molecule has 3 heterocycles. The summed E-state index contributed by atoms with van der Waals surface area (Å²) in [7, 11) is 1.64. The van der Waals surface area contributed by atoms with Crippen LogP contribution in [0.2, 0.25) is 0 Å². The van der Waals surface area contributed by atoms with E-state index in [1.807, 2.05) is 24.3 Å². The Labute approximate surface area is 158 Å². The van der Waals surface area contributed by atoms with Crippen molar-refractivity contribution in [1.82, 2.24) is 20.4 Å². The predicted molar refractivity (Wildman–Crippen MR) is 101 cm³/mol. The number of hydrogen-bond donors (Lipinski definition) is 1. The summed E-state index contributed by atoms with van der Waals surface area (Å²) in [5, 5.41) is 7.08. The summed E-state index contributed by atoms with van der Waals surface area (Å²) in [6, 6.07) is 8.66. The lowest BCUT2D eigenvalue weighted by Gasteiger charge is -2.38. The molecular formula is C19H25N5O3. The molecule has 0 radical (unpaired) electrons. The van der Waals surface area contributed by atoms with Crippen LogP contribution in [0, 0.1) is 0 Å². The van der Waals surface area contributed by atoms with Gasteiger partial charge in [-0.1, -0.05) is 5.16 Å². The first-order valence-electron chi connectivity index (χ1n) is 9.47. The minimum absolute atomic E-state index is 0.174. The largest absolute Gasteiger partial charge is 0.497 e. The van der Waals surface area contributed by atoms with E-state index in [9.17, 15) is 4.79 Å². The zero-order valence-electron chi connectivity index (χ0n) is 15.6. The summed E-state index contributed by atoms with van der Waals surface area (Å²) in [4.78, 5) is 20.7. The second kappa shape index (κ2) is 7.96. The van der Waals surface area contributed by atoms with Gasteiger partial charge in [0.05, 0.1) is 7.11 Å². The number of nitrogens with one attached hydrogen (secondary N) is 1. The Kier molecular flexibility index (Phi) is 5.24. The van der Waals surface area contributed by atoms with E-state index < -0.39 is 0 Å². The smallest absolute Gasteiger partial charge is 0.324 e. The topological polar surface area (TPSA) is 83.7 Å². The lowest BCUT2D eigenvalue weighted by Crippen LogP contribution is -2.50. The van der Waals surface area contributed by atoms with Crippen LogP contribution in [0.15, 0.2) is 28.8 Å². The lowest BCUT2D eigenvalue weighted by atomic mass is 10.1. The van der Waals surface area contributed by atoms with E-state index in [1.54, 1.807) is 7.11 Å². The molecule has 1 amide bonds. The highest BCUT2D eigenvalue weighted by Crippen LogP contribution is 2.24. The Balaban J connectivity index is 1.35. The minimum atomic E-state index is 0.174. The molecular weight excluding hydrogens is 346 g/mol. The van der Waals surface area contributed by atoms with Crippen molar-refractivity contribution in [2.75, 3.05) is 44.7 Å². The van der Waals surface area contributed by atoms with Crippen LogP contribution in [0.4, 0.5) is 6.01 Å². The average molecular weight is 371 g/mol. The van der Waals surface area contributed by atoms with Crippen LogP contribution in [0.1, 0.15) is 19.3 Å². The molecule has 2 aliphatic heterocycles. The van der Waals surface area contributed by atoms with Gasteiger partial charge in [0, 0.05) is 50.7 Å². The fourth-order valence-corrected chi connectivity index (χ4v) is 3.75. The number of anilines is 1. The third kappa shape index (κ3) is 4.05. The van der Waals surface area contributed by atoms with Gasteiger partial charge in [0.15, 0.2) is 0 Å². The van der Waals surface area contributed by atoms with Crippen molar-refractivity contribution < 1.29 is 14.1 Å². The van der Waals surface area contributed by atoms with Gasteiger partial charge in [0.2, 0.25) is 11.7 Å². The molecule has 4 rings (SSSR count). The number of carbonyl (C=O) groups excluding carboxylic acids is 1. The number of hydrogen-bond acceptors (Lipinski definition) is 7. The molecule has 0 bridgehead atoms. The fourth-order valence-electron chi connectivity index (χ4n) is 3.75. The Morgan fingerprint density at radius 2 is 1.93 bits per heavy atom. The number of benzene rings is 1. The highest BCUT2D eigenvalue weighted by Gasteiger charge is 2.27. The van der Waals surface area contributed by atoms with E-state index >= 15 is 0 Å². The fraction of sp³-hybridized carbons (Fsp3) is 0.526. The molecule has 2 aliphatic rings. The lowest BCUT2D eigenvalue weighted by molar-refractivity contribution is -0.120. The van der Waals surface area contributed by atoms with Crippen LogP contribution < -0.4 is 15.0 Å². The maximum Gasteiger partial charge on any atom is 0.324 e. The van der Waals surface area contributed by atoms with Gasteiger partial charge in [-0.05, 0) is 37.1 Å². The Morgan fingerprint density at radius 1 is 1.15 bits per heavy atom. The van der Waals surface area contributed by atoms with Gasteiger partial charge in [-0.2, -0.15) is 4.98 Å². The molecule has 2 saturated heterocycles. The van der Waals surface area contributed by atoms with Crippen molar-refractivity contribution in [1.29, 1.82) is 0 Å². The molecule has 1 unspecified atom stereocenters. The maximum atomic E-state index is 11.5. The minimum Gasteiger partial charge on any atom is -0.497 e. The van der Waals surface area contributed by atoms with Crippen LogP contribution in [0.5, 0.6) is 5.75 Å². The van der Waals surface area contributed by atoms with Crippen molar-refractivity contribution in [2.45, 2.75) is 25.3 Å². The van der Waals surface area contributed by atoms with E-state index in [4.69, 9.17) is 9.26 Å². The molecule has 27 heavy (non-hydrogen) atoms. The SMILES string of the molecule is COc1ccc(-c2noc(N3CCN(C4CCNC(=O)CC4)CC3)n2)cc1. The van der Waals surface area contributed by atoms with Crippen molar-refractivity contribution in [2.24, 2.45) is 0 Å². The Hall–Kier alpha value is -2.61. The molecule has 2 aromatic rings. The van der Waals surface area contributed by atoms with Crippen molar-refractivity contribution in [3.05, 3.63) is 24.3 Å². The number of rotatable bonds is 4. The molecule has 144 valence electrons. The monoisotopic (exact) mass is 371 g/mol. The number of ether oxygens (including phenoxy) is 1. The van der Waals surface area contributed by atoms with Gasteiger partial charge in [0.25, 0.3) is 0 Å². The quantitative estimate of drug-likeness (QED) is 0.873. The summed E-state index contributed by atoms with van der Waals surface area (Å²) in [6.45, 7) is 4.36. The molecule has 2 fully saturated rings. The highest BCUT2D eigenvalue weighted by atomic mass is 16.5. The normalized spacial score (nSPS) is 21.6. The number of carbonyl (C=O) groups is 1. The van der Waals surface area contributed by atoms with Crippen molar-refractivity contribution in [3.63, 3.8) is 0 Å². The van der Waals surface area contributed by atoms with Gasteiger partial charge < -0.3 is 19.5 Å². The van der Waals surface area contributed by atoms with E-state index in [1.165, 1.54) is 0 Å². The maximum absolute atomic E-state index is 11.5. The van der Waals surface area contributed by atoms with Crippen LogP contribution in [0.25, 0.3) is 11.4 Å². The number of piperazine rings is 1. The number of methoxy groups -OCH3 is 1. The standard InChI is InChI=1S/C19H25N5O3/c1-26-16-5-2-14(3-6-16)18-21-19(27-22-18)24-12-10-23(11-13-24)15-4-7-17(25)20-9-8-15/h2-3,5-6,15H,4,7-13H2,1H3,(H,20,25). The van der Waals surface area contributed by atoms with Gasteiger partial charge in [-0.15, -0.1) is 0 Å². The van der Waals surface area contributed by atoms with Gasteiger partial charge in [-0.25, -0.2) is 0 Å². The summed E-state index contributed by atoms with van der Waals surface area (Å²) >= 11 is 0. The van der Waals surface area contributed by atoms with Crippen LogP contribution in [-0.2, 0) is 4.79 Å². The number of amides is 1. The molecule has 0 aliphatic carbocycles. The van der Waals surface area contributed by atoms with Crippen LogP contribution >= 0.6 is 0 Å². The second-order valence-corrected chi connectivity index (χ2v) is 6.98. The first-order valence-corrected chi connectivity index (χ1v) is 9.47. The van der Waals surface area contributed by atoms with Gasteiger partial charge >= 0.3 is 6.01 Å². The Bertz CT molecular complexity index is 768. The first kappa shape index (κ1) is 17.8. The molecule has 8 nitrogen and oxygen atoms in total. The zero-order chi connectivity index (χ0) is 18.6. The molecule has 1 aromatic carbocycles. The van der Waals surface area contributed by atoms with Gasteiger partial charge in [0.1, 0.15) is 5.75 Å². The van der Waals surface area contributed by atoms with E-state index in [2.05, 4.69) is 25.3 Å². The molecule has 1 N–H and O–H groups in total.